The summed E-state index contributed by atoms with van der Waals surface area (Å²) in [4.78, 5) is 0. The summed E-state index contributed by atoms with van der Waals surface area (Å²) in [6.07, 6.45) is 4.08. The number of fused-ring (bicyclic) bond motifs is 1. The van der Waals surface area contributed by atoms with Gasteiger partial charge in [0, 0.05) is 30.0 Å². The Balaban J connectivity index is 1.90. The maximum atomic E-state index is 6.27. The van der Waals surface area contributed by atoms with Crippen molar-refractivity contribution in [2.24, 2.45) is 5.41 Å². The van der Waals surface area contributed by atoms with Crippen molar-refractivity contribution in [1.29, 1.82) is 0 Å². The predicted molar refractivity (Wildman–Crippen MR) is 80.3 cm³/mol. The number of halogens is 2. The lowest BCUT2D eigenvalue weighted by molar-refractivity contribution is 0.0255. The van der Waals surface area contributed by atoms with Gasteiger partial charge in [0.25, 0.3) is 0 Å². The minimum Gasteiger partial charge on any atom is -0.493 e. The lowest BCUT2D eigenvalue weighted by Crippen LogP contribution is -2.33. The summed E-state index contributed by atoms with van der Waals surface area (Å²) in [5.41, 5.74) is 2.78. The lowest BCUT2D eigenvalue weighted by atomic mass is 9.76. The molecule has 2 aliphatic rings. The molecule has 0 amide bonds. The van der Waals surface area contributed by atoms with Crippen molar-refractivity contribution in [3.8, 4) is 5.75 Å². The highest BCUT2D eigenvalue weighted by Crippen LogP contribution is 2.41. The maximum Gasteiger partial charge on any atom is 0.125 e. The van der Waals surface area contributed by atoms with Crippen LogP contribution in [-0.2, 0) is 17.6 Å². The van der Waals surface area contributed by atoms with Gasteiger partial charge in [-0.25, -0.2) is 0 Å². The fourth-order valence-electron chi connectivity index (χ4n) is 3.04. The SMILES string of the molecule is ClCC1(Cc2cc(Br)cc3c2OCC3)CCOCC1. The van der Waals surface area contributed by atoms with Crippen molar-refractivity contribution >= 4 is 27.5 Å². The monoisotopic (exact) mass is 344 g/mol. The molecule has 0 aromatic heterocycles. The van der Waals surface area contributed by atoms with Crippen LogP contribution in [0.15, 0.2) is 16.6 Å². The van der Waals surface area contributed by atoms with E-state index in [0.717, 1.165) is 55.7 Å². The first-order chi connectivity index (χ1) is 9.22. The van der Waals surface area contributed by atoms with E-state index in [1.165, 1.54) is 11.1 Å². The van der Waals surface area contributed by atoms with Gasteiger partial charge < -0.3 is 9.47 Å². The molecule has 0 aliphatic carbocycles. The van der Waals surface area contributed by atoms with E-state index in [4.69, 9.17) is 21.1 Å². The standard InChI is InChI=1S/C15H18BrClO2/c16-13-7-11-1-4-19-14(11)12(8-13)9-15(10-17)2-5-18-6-3-15/h7-8H,1-6,9-10H2. The second kappa shape index (κ2) is 5.63. The molecule has 19 heavy (non-hydrogen) atoms. The van der Waals surface area contributed by atoms with E-state index in [1.807, 2.05) is 0 Å². The Labute approximate surface area is 127 Å². The molecule has 3 rings (SSSR count). The quantitative estimate of drug-likeness (QED) is 0.772. The molecule has 1 aromatic rings. The summed E-state index contributed by atoms with van der Waals surface area (Å²) in [5, 5.41) is 0. The minimum absolute atomic E-state index is 0.167. The second-order valence-corrected chi connectivity index (χ2v) is 6.76. The van der Waals surface area contributed by atoms with Crippen LogP contribution in [0.4, 0.5) is 0 Å². The van der Waals surface area contributed by atoms with Gasteiger partial charge in [0.2, 0.25) is 0 Å². The Hall–Kier alpha value is -0.250. The molecule has 0 atom stereocenters. The summed E-state index contributed by atoms with van der Waals surface area (Å²) >= 11 is 9.88. The van der Waals surface area contributed by atoms with Crippen molar-refractivity contribution in [3.05, 3.63) is 27.7 Å². The number of rotatable bonds is 3. The van der Waals surface area contributed by atoms with Gasteiger partial charge >= 0.3 is 0 Å². The smallest absolute Gasteiger partial charge is 0.125 e. The predicted octanol–water partition coefficient (Wildman–Crippen LogP) is 3.96. The van der Waals surface area contributed by atoms with Crippen molar-refractivity contribution in [3.63, 3.8) is 0 Å². The second-order valence-electron chi connectivity index (χ2n) is 5.57. The molecule has 1 saturated heterocycles. The van der Waals surface area contributed by atoms with Crippen LogP contribution >= 0.6 is 27.5 Å². The number of hydrogen-bond acceptors (Lipinski definition) is 2. The van der Waals surface area contributed by atoms with Gasteiger partial charge in [-0.2, -0.15) is 0 Å². The highest BCUT2D eigenvalue weighted by atomic mass is 79.9. The average molecular weight is 346 g/mol. The molecular formula is C15H18BrClO2. The van der Waals surface area contributed by atoms with E-state index >= 15 is 0 Å². The van der Waals surface area contributed by atoms with Crippen LogP contribution in [0.2, 0.25) is 0 Å². The van der Waals surface area contributed by atoms with Crippen molar-refractivity contribution in [1.82, 2.24) is 0 Å². The molecule has 0 unspecified atom stereocenters. The van der Waals surface area contributed by atoms with Gasteiger partial charge in [-0.15, -0.1) is 11.6 Å². The molecule has 4 heteroatoms. The van der Waals surface area contributed by atoms with Gasteiger partial charge in [0.15, 0.2) is 0 Å². The Morgan fingerprint density at radius 3 is 2.74 bits per heavy atom. The molecule has 0 radical (unpaired) electrons. The molecule has 104 valence electrons. The van der Waals surface area contributed by atoms with Crippen LogP contribution in [0, 0.1) is 5.41 Å². The van der Waals surface area contributed by atoms with Gasteiger partial charge in [-0.05, 0) is 47.9 Å². The van der Waals surface area contributed by atoms with Crippen LogP contribution in [0.25, 0.3) is 0 Å². The van der Waals surface area contributed by atoms with Crippen molar-refractivity contribution in [2.75, 3.05) is 25.7 Å². The molecule has 0 N–H and O–H groups in total. The summed E-state index contributed by atoms with van der Waals surface area (Å²) in [6, 6.07) is 4.36. The zero-order chi connectivity index (χ0) is 13.3. The van der Waals surface area contributed by atoms with Crippen molar-refractivity contribution in [2.45, 2.75) is 25.7 Å². The third-order valence-electron chi connectivity index (χ3n) is 4.23. The van der Waals surface area contributed by atoms with Gasteiger partial charge in [-0.1, -0.05) is 15.9 Å². The minimum atomic E-state index is 0.167. The Kier molecular flexibility index (Phi) is 4.06. The number of alkyl halides is 1. The zero-order valence-electron chi connectivity index (χ0n) is 10.9. The summed E-state index contributed by atoms with van der Waals surface area (Å²) in [6.45, 7) is 2.45. The first kappa shape index (κ1) is 13.7. The summed E-state index contributed by atoms with van der Waals surface area (Å²) in [7, 11) is 0. The first-order valence-electron chi connectivity index (χ1n) is 6.80. The van der Waals surface area contributed by atoms with Gasteiger partial charge in [-0.3, -0.25) is 0 Å². The molecule has 0 bridgehead atoms. The summed E-state index contributed by atoms with van der Waals surface area (Å²) < 4.78 is 12.4. The molecule has 1 aromatic carbocycles. The highest BCUT2D eigenvalue weighted by Gasteiger charge is 2.33. The van der Waals surface area contributed by atoms with Gasteiger partial charge in [0.1, 0.15) is 5.75 Å². The summed E-state index contributed by atoms with van der Waals surface area (Å²) in [5.74, 6) is 1.79. The van der Waals surface area contributed by atoms with Crippen molar-refractivity contribution < 1.29 is 9.47 Å². The molecule has 1 fully saturated rings. The Morgan fingerprint density at radius 2 is 2.00 bits per heavy atom. The van der Waals surface area contributed by atoms with Crippen LogP contribution in [0.3, 0.4) is 0 Å². The van der Waals surface area contributed by atoms with Crippen LogP contribution < -0.4 is 4.74 Å². The molecule has 2 aliphatic heterocycles. The fourth-order valence-corrected chi connectivity index (χ4v) is 3.96. The van der Waals surface area contributed by atoms with E-state index in [0.29, 0.717) is 5.88 Å². The maximum absolute atomic E-state index is 6.27. The third kappa shape index (κ3) is 2.79. The number of benzene rings is 1. The Morgan fingerprint density at radius 1 is 1.21 bits per heavy atom. The molecule has 0 saturated carbocycles. The Bertz CT molecular complexity index is 469. The highest BCUT2D eigenvalue weighted by molar-refractivity contribution is 9.10. The zero-order valence-corrected chi connectivity index (χ0v) is 13.2. The van der Waals surface area contributed by atoms with E-state index in [9.17, 15) is 0 Å². The van der Waals surface area contributed by atoms with Crippen LogP contribution in [0.5, 0.6) is 5.75 Å². The fraction of sp³-hybridized carbons (Fsp3) is 0.600. The van der Waals surface area contributed by atoms with E-state index in [2.05, 4.69) is 28.1 Å². The largest absolute Gasteiger partial charge is 0.493 e. The van der Waals surface area contributed by atoms with E-state index in [-0.39, 0.29) is 5.41 Å². The van der Waals surface area contributed by atoms with E-state index in [1.54, 1.807) is 0 Å². The molecule has 0 spiro atoms. The molecule has 2 nitrogen and oxygen atoms in total. The normalized spacial score (nSPS) is 20.9. The van der Waals surface area contributed by atoms with Crippen LogP contribution in [0.1, 0.15) is 24.0 Å². The average Bonchev–Trinajstić information content (AvgIpc) is 2.88. The number of ether oxygens (including phenoxy) is 2. The van der Waals surface area contributed by atoms with Crippen LogP contribution in [-0.4, -0.2) is 25.7 Å². The molecular weight excluding hydrogens is 328 g/mol. The first-order valence-corrected chi connectivity index (χ1v) is 8.13. The third-order valence-corrected chi connectivity index (χ3v) is 5.25. The molecule has 2 heterocycles. The van der Waals surface area contributed by atoms with E-state index < -0.39 is 0 Å². The topological polar surface area (TPSA) is 18.5 Å². The van der Waals surface area contributed by atoms with Gasteiger partial charge in [0.05, 0.1) is 6.61 Å². The lowest BCUT2D eigenvalue weighted by Gasteiger charge is -2.36. The number of hydrogen-bond donors (Lipinski definition) is 0.